The number of pyridine rings is 1. The van der Waals surface area contributed by atoms with E-state index >= 15 is 0 Å². The molecule has 2 aromatic heterocycles. The van der Waals surface area contributed by atoms with Crippen molar-refractivity contribution in [3.8, 4) is 11.4 Å². The third-order valence-corrected chi connectivity index (χ3v) is 6.45. The summed E-state index contributed by atoms with van der Waals surface area (Å²) in [4.78, 5) is 33.8. The number of amides is 2. The van der Waals surface area contributed by atoms with Crippen molar-refractivity contribution in [1.29, 1.82) is 0 Å². The van der Waals surface area contributed by atoms with E-state index in [0.717, 1.165) is 53.8 Å². The number of benzene rings is 2. The third kappa shape index (κ3) is 4.55. The first-order valence-corrected chi connectivity index (χ1v) is 11.7. The summed E-state index contributed by atoms with van der Waals surface area (Å²) in [6.07, 6.45) is 8.64. The van der Waals surface area contributed by atoms with Crippen LogP contribution in [0.2, 0.25) is 0 Å². The van der Waals surface area contributed by atoms with Gasteiger partial charge in [0.1, 0.15) is 5.82 Å². The summed E-state index contributed by atoms with van der Waals surface area (Å²) >= 11 is 0. The first-order valence-electron chi connectivity index (χ1n) is 11.7. The van der Waals surface area contributed by atoms with E-state index in [0.29, 0.717) is 11.3 Å². The van der Waals surface area contributed by atoms with E-state index in [2.05, 4.69) is 15.6 Å². The second kappa shape index (κ2) is 9.47. The molecule has 172 valence electrons. The fourth-order valence-corrected chi connectivity index (χ4v) is 4.55. The van der Waals surface area contributed by atoms with Crippen molar-refractivity contribution in [3.63, 3.8) is 0 Å². The number of carbonyl (C=O) groups excluding carboxylic acids is 2. The maximum Gasteiger partial charge on any atom is 0.257 e. The van der Waals surface area contributed by atoms with Crippen molar-refractivity contribution in [2.45, 2.75) is 32.1 Å². The predicted octanol–water partition coefficient (Wildman–Crippen LogP) is 5.41. The van der Waals surface area contributed by atoms with Crippen molar-refractivity contribution >= 4 is 34.2 Å². The van der Waals surface area contributed by atoms with Gasteiger partial charge in [0.05, 0.1) is 16.6 Å². The number of rotatable bonds is 5. The van der Waals surface area contributed by atoms with Crippen LogP contribution in [0.3, 0.4) is 0 Å². The number of carbonyl (C=O) groups is 2. The number of nitrogens with zero attached hydrogens (tertiary/aromatic N) is 3. The number of imidazole rings is 1. The number of hydrogen-bond acceptors (Lipinski definition) is 4. The van der Waals surface area contributed by atoms with Crippen molar-refractivity contribution in [2.24, 2.45) is 13.0 Å². The van der Waals surface area contributed by atoms with Crippen LogP contribution in [-0.2, 0) is 11.8 Å². The molecule has 5 rings (SSSR count). The summed E-state index contributed by atoms with van der Waals surface area (Å²) in [7, 11) is 1.97. The Morgan fingerprint density at radius 2 is 1.71 bits per heavy atom. The number of anilines is 2. The molecule has 7 heteroatoms. The van der Waals surface area contributed by atoms with Crippen LogP contribution in [0.5, 0.6) is 0 Å². The number of hydrogen-bond donors (Lipinski definition) is 2. The molecular weight excluding hydrogens is 426 g/mol. The molecule has 0 atom stereocenters. The lowest BCUT2D eigenvalue weighted by Crippen LogP contribution is -2.24. The predicted molar refractivity (Wildman–Crippen MR) is 134 cm³/mol. The fourth-order valence-electron chi connectivity index (χ4n) is 4.55. The van der Waals surface area contributed by atoms with E-state index < -0.39 is 0 Å². The van der Waals surface area contributed by atoms with Crippen LogP contribution in [0.15, 0.2) is 67.0 Å². The maximum absolute atomic E-state index is 12.5. The second-order valence-electron chi connectivity index (χ2n) is 8.80. The zero-order chi connectivity index (χ0) is 23.5. The van der Waals surface area contributed by atoms with E-state index in [1.54, 1.807) is 18.3 Å². The smallest absolute Gasteiger partial charge is 0.257 e. The average Bonchev–Trinajstić information content (AvgIpc) is 3.21. The van der Waals surface area contributed by atoms with E-state index in [4.69, 9.17) is 4.98 Å². The zero-order valence-electron chi connectivity index (χ0n) is 19.1. The van der Waals surface area contributed by atoms with Crippen LogP contribution in [-0.4, -0.2) is 26.3 Å². The first kappa shape index (κ1) is 21.8. The topological polar surface area (TPSA) is 88.9 Å². The molecule has 2 heterocycles. The molecule has 2 aromatic carbocycles. The minimum absolute atomic E-state index is 0.121. The summed E-state index contributed by atoms with van der Waals surface area (Å²) in [5, 5.41) is 5.96. The van der Waals surface area contributed by atoms with Crippen LogP contribution in [0.1, 0.15) is 42.5 Å². The first-order chi connectivity index (χ1) is 16.6. The Labute approximate surface area is 198 Å². The van der Waals surface area contributed by atoms with Crippen LogP contribution >= 0.6 is 0 Å². The Morgan fingerprint density at radius 1 is 0.941 bits per heavy atom. The van der Waals surface area contributed by atoms with Crippen molar-refractivity contribution < 1.29 is 9.59 Å². The van der Waals surface area contributed by atoms with E-state index in [1.165, 1.54) is 12.6 Å². The minimum atomic E-state index is -0.213. The molecule has 0 aliphatic heterocycles. The highest BCUT2D eigenvalue weighted by atomic mass is 16.2. The molecule has 2 amide bonds. The zero-order valence-corrected chi connectivity index (χ0v) is 19.1. The van der Waals surface area contributed by atoms with Gasteiger partial charge >= 0.3 is 0 Å². The van der Waals surface area contributed by atoms with Crippen molar-refractivity contribution in [3.05, 3.63) is 72.6 Å². The van der Waals surface area contributed by atoms with Crippen LogP contribution < -0.4 is 10.6 Å². The number of fused-ring (bicyclic) bond motifs is 1. The molecule has 4 aromatic rings. The summed E-state index contributed by atoms with van der Waals surface area (Å²) < 4.78 is 2.03. The summed E-state index contributed by atoms with van der Waals surface area (Å²) in [5.74, 6) is 0.850. The van der Waals surface area contributed by atoms with Gasteiger partial charge < -0.3 is 15.2 Å². The largest absolute Gasteiger partial charge is 0.327 e. The van der Waals surface area contributed by atoms with Crippen molar-refractivity contribution in [2.75, 3.05) is 10.6 Å². The molecule has 0 radical (unpaired) electrons. The highest BCUT2D eigenvalue weighted by molar-refractivity contribution is 6.04. The molecule has 0 bridgehead atoms. The molecule has 2 N–H and O–H groups in total. The highest BCUT2D eigenvalue weighted by Gasteiger charge is 2.21. The quantitative estimate of drug-likeness (QED) is 0.423. The van der Waals surface area contributed by atoms with E-state index in [-0.39, 0.29) is 17.7 Å². The van der Waals surface area contributed by atoms with Gasteiger partial charge in [-0.15, -0.1) is 0 Å². The number of aromatic nitrogens is 3. The lowest BCUT2D eigenvalue weighted by atomic mass is 9.88. The lowest BCUT2D eigenvalue weighted by Gasteiger charge is -2.20. The standard InChI is InChI=1S/C27H27N5O2/c1-32-24-14-13-22(30-27(34)20-8-5-15-28-17-20)16-23(24)31-25(32)18-9-11-21(12-10-18)29-26(33)19-6-3-2-4-7-19/h5,8-17,19H,2-4,6-7H2,1H3,(H,29,33)(H,30,34). The molecular formula is C27H27N5O2. The number of nitrogens with one attached hydrogen (secondary N) is 2. The Balaban J connectivity index is 1.32. The Hall–Kier alpha value is -4.00. The molecule has 0 saturated heterocycles. The van der Waals surface area contributed by atoms with Crippen molar-refractivity contribution in [1.82, 2.24) is 14.5 Å². The third-order valence-electron chi connectivity index (χ3n) is 6.45. The van der Waals surface area contributed by atoms with Gasteiger partial charge in [0, 0.05) is 42.3 Å². The Kier molecular flexibility index (Phi) is 6.08. The summed E-state index contributed by atoms with van der Waals surface area (Å²) in [6.45, 7) is 0. The van der Waals surface area contributed by atoms with Gasteiger partial charge in [-0.2, -0.15) is 0 Å². The van der Waals surface area contributed by atoms with Crippen LogP contribution in [0, 0.1) is 5.92 Å². The Morgan fingerprint density at radius 3 is 2.44 bits per heavy atom. The SMILES string of the molecule is Cn1c(-c2ccc(NC(=O)C3CCCCC3)cc2)nc2cc(NC(=O)c3cccnc3)ccc21. The van der Waals surface area contributed by atoms with Gasteiger partial charge in [-0.05, 0) is 67.4 Å². The van der Waals surface area contributed by atoms with Gasteiger partial charge in [0.15, 0.2) is 0 Å². The maximum atomic E-state index is 12.5. The van der Waals surface area contributed by atoms with E-state index in [1.807, 2.05) is 54.1 Å². The molecule has 1 saturated carbocycles. The van der Waals surface area contributed by atoms with Crippen LogP contribution in [0.4, 0.5) is 11.4 Å². The molecule has 0 unspecified atom stereocenters. The molecule has 1 aliphatic carbocycles. The highest BCUT2D eigenvalue weighted by Crippen LogP contribution is 2.28. The van der Waals surface area contributed by atoms with Gasteiger partial charge in [0.2, 0.25) is 5.91 Å². The molecule has 1 fully saturated rings. The van der Waals surface area contributed by atoms with Gasteiger partial charge in [-0.25, -0.2) is 4.98 Å². The summed E-state index contributed by atoms with van der Waals surface area (Å²) in [6, 6.07) is 16.9. The summed E-state index contributed by atoms with van der Waals surface area (Å²) in [5.41, 5.74) is 4.68. The van der Waals surface area contributed by atoms with Gasteiger partial charge in [0.25, 0.3) is 5.91 Å². The Bertz CT molecular complexity index is 1320. The van der Waals surface area contributed by atoms with Gasteiger partial charge in [-0.3, -0.25) is 14.6 Å². The molecule has 1 aliphatic rings. The monoisotopic (exact) mass is 453 g/mol. The molecule has 0 spiro atoms. The molecule has 7 nitrogen and oxygen atoms in total. The minimum Gasteiger partial charge on any atom is -0.327 e. The second-order valence-corrected chi connectivity index (χ2v) is 8.80. The van der Waals surface area contributed by atoms with Gasteiger partial charge in [-0.1, -0.05) is 19.3 Å². The lowest BCUT2D eigenvalue weighted by molar-refractivity contribution is -0.120. The average molecular weight is 454 g/mol. The number of aryl methyl sites for hydroxylation is 1. The molecule has 34 heavy (non-hydrogen) atoms. The normalized spacial score (nSPS) is 14.1. The van der Waals surface area contributed by atoms with Crippen LogP contribution in [0.25, 0.3) is 22.4 Å². The van der Waals surface area contributed by atoms with E-state index in [9.17, 15) is 9.59 Å². The fraction of sp³-hybridized carbons (Fsp3) is 0.259.